The molecule has 112 valence electrons. The first-order valence-corrected chi connectivity index (χ1v) is 8.94. The number of nitrogens with zero attached hydrogens (tertiary/aromatic N) is 1. The van der Waals surface area contributed by atoms with E-state index < -0.39 is 0 Å². The van der Waals surface area contributed by atoms with Crippen LogP contribution in [-0.4, -0.2) is 16.6 Å². The molecule has 7 heteroatoms. The minimum Gasteiger partial charge on any atom is -0.301 e. The molecule has 0 saturated heterocycles. The summed E-state index contributed by atoms with van der Waals surface area (Å²) in [5.74, 6) is -0.160. The maximum absolute atomic E-state index is 12.8. The van der Waals surface area contributed by atoms with Crippen LogP contribution in [0.1, 0.15) is 0 Å². The predicted molar refractivity (Wildman–Crippen MR) is 93.1 cm³/mol. The second-order valence-electron chi connectivity index (χ2n) is 4.42. The van der Waals surface area contributed by atoms with E-state index in [1.54, 1.807) is 12.1 Å². The van der Waals surface area contributed by atoms with Gasteiger partial charge in [0.25, 0.3) is 0 Å². The Morgan fingerprint density at radius 3 is 2.82 bits per heavy atom. The van der Waals surface area contributed by atoms with Gasteiger partial charge in [0.05, 0.1) is 16.0 Å². The number of anilines is 1. The standard InChI is InChI=1S/C15H10BrFN2OS2/c16-9-1-6-12-13(7-9)22-15(18-12)19-14(20)8-21-11-4-2-10(17)3-5-11/h1-7H,8H2,(H,18,19,20). The molecule has 0 unspecified atom stereocenters. The Balaban J connectivity index is 1.61. The number of thioether (sulfide) groups is 1. The monoisotopic (exact) mass is 396 g/mol. The Hall–Kier alpha value is -1.44. The lowest BCUT2D eigenvalue weighted by Gasteiger charge is -2.01. The maximum Gasteiger partial charge on any atom is 0.236 e. The van der Waals surface area contributed by atoms with Crippen LogP contribution in [0.3, 0.4) is 0 Å². The molecular formula is C15H10BrFN2OS2. The highest BCUT2D eigenvalue weighted by Crippen LogP contribution is 2.28. The number of rotatable bonds is 4. The topological polar surface area (TPSA) is 42.0 Å². The maximum atomic E-state index is 12.8. The lowest BCUT2D eigenvalue weighted by Crippen LogP contribution is -2.13. The summed E-state index contributed by atoms with van der Waals surface area (Å²) in [7, 11) is 0. The van der Waals surface area contributed by atoms with Gasteiger partial charge in [-0.1, -0.05) is 27.3 Å². The summed E-state index contributed by atoms with van der Waals surface area (Å²) in [4.78, 5) is 17.2. The third-order valence-corrected chi connectivity index (χ3v) is 5.22. The van der Waals surface area contributed by atoms with Gasteiger partial charge in [-0.15, -0.1) is 11.8 Å². The van der Waals surface area contributed by atoms with Crippen LogP contribution in [0.5, 0.6) is 0 Å². The van der Waals surface area contributed by atoms with Crippen LogP contribution < -0.4 is 5.32 Å². The number of hydrogen-bond donors (Lipinski definition) is 1. The van der Waals surface area contributed by atoms with E-state index in [9.17, 15) is 9.18 Å². The fourth-order valence-corrected chi connectivity index (χ4v) is 3.92. The summed E-state index contributed by atoms with van der Waals surface area (Å²) in [5.41, 5.74) is 0.856. The summed E-state index contributed by atoms with van der Waals surface area (Å²) >= 11 is 6.20. The van der Waals surface area contributed by atoms with Crippen molar-refractivity contribution >= 4 is 60.3 Å². The fourth-order valence-electron chi connectivity index (χ4n) is 1.79. The number of nitrogens with one attached hydrogen (secondary N) is 1. The van der Waals surface area contributed by atoms with E-state index in [4.69, 9.17) is 0 Å². The molecule has 3 rings (SSSR count). The first-order chi connectivity index (χ1) is 10.6. The molecule has 1 aromatic heterocycles. The minimum atomic E-state index is -0.283. The normalized spacial score (nSPS) is 10.8. The highest BCUT2D eigenvalue weighted by molar-refractivity contribution is 9.10. The Labute approximate surface area is 143 Å². The molecule has 3 nitrogen and oxygen atoms in total. The Kier molecular flexibility index (Phi) is 4.75. The summed E-state index contributed by atoms with van der Waals surface area (Å²) in [5, 5.41) is 3.37. The van der Waals surface area contributed by atoms with Crippen molar-refractivity contribution in [3.8, 4) is 0 Å². The molecule has 0 aliphatic heterocycles. The van der Waals surface area contributed by atoms with Crippen molar-refractivity contribution in [1.29, 1.82) is 0 Å². The highest BCUT2D eigenvalue weighted by atomic mass is 79.9. The van der Waals surface area contributed by atoms with E-state index >= 15 is 0 Å². The van der Waals surface area contributed by atoms with E-state index in [2.05, 4.69) is 26.2 Å². The summed E-state index contributed by atoms with van der Waals surface area (Å²) in [6.45, 7) is 0. The van der Waals surface area contributed by atoms with Crippen LogP contribution in [0.15, 0.2) is 51.8 Å². The molecule has 0 saturated carbocycles. The SMILES string of the molecule is O=C(CSc1ccc(F)cc1)Nc1nc2ccc(Br)cc2s1. The highest BCUT2D eigenvalue weighted by Gasteiger charge is 2.08. The third kappa shape index (κ3) is 3.85. The van der Waals surface area contributed by atoms with Crippen LogP contribution in [0.4, 0.5) is 9.52 Å². The average molecular weight is 397 g/mol. The van der Waals surface area contributed by atoms with Crippen LogP contribution in [0.25, 0.3) is 10.2 Å². The number of halogens is 2. The van der Waals surface area contributed by atoms with Crippen molar-refractivity contribution < 1.29 is 9.18 Å². The van der Waals surface area contributed by atoms with Gasteiger partial charge in [0, 0.05) is 9.37 Å². The molecule has 1 heterocycles. The summed E-state index contributed by atoms with van der Waals surface area (Å²) in [6, 6.07) is 11.9. The number of amides is 1. The molecule has 3 aromatic rings. The number of carbonyl (C=O) groups excluding carboxylic acids is 1. The zero-order valence-corrected chi connectivity index (χ0v) is 14.4. The molecule has 0 radical (unpaired) electrons. The second-order valence-corrected chi connectivity index (χ2v) is 7.42. The van der Waals surface area contributed by atoms with Gasteiger partial charge in [-0.3, -0.25) is 4.79 Å². The molecule has 1 N–H and O–H groups in total. The first kappa shape index (κ1) is 15.5. The Bertz CT molecular complexity index is 820. The van der Waals surface area contributed by atoms with Gasteiger partial charge >= 0.3 is 0 Å². The lowest BCUT2D eigenvalue weighted by atomic mass is 10.3. The second kappa shape index (κ2) is 6.76. The van der Waals surface area contributed by atoms with Crippen LogP contribution in [-0.2, 0) is 4.79 Å². The van der Waals surface area contributed by atoms with Crippen molar-refractivity contribution in [1.82, 2.24) is 4.98 Å². The van der Waals surface area contributed by atoms with E-state index in [0.717, 1.165) is 19.6 Å². The number of hydrogen-bond acceptors (Lipinski definition) is 4. The first-order valence-electron chi connectivity index (χ1n) is 6.34. The van der Waals surface area contributed by atoms with E-state index in [0.29, 0.717) is 5.13 Å². The number of benzene rings is 2. The van der Waals surface area contributed by atoms with Crippen LogP contribution in [0.2, 0.25) is 0 Å². The summed E-state index contributed by atoms with van der Waals surface area (Å²) < 4.78 is 14.8. The van der Waals surface area contributed by atoms with Crippen molar-refractivity contribution in [2.45, 2.75) is 4.90 Å². The zero-order valence-electron chi connectivity index (χ0n) is 11.2. The van der Waals surface area contributed by atoms with Gasteiger partial charge in [0.1, 0.15) is 5.82 Å². The molecular weight excluding hydrogens is 387 g/mol. The number of fused-ring (bicyclic) bond motifs is 1. The van der Waals surface area contributed by atoms with E-state index in [-0.39, 0.29) is 17.5 Å². The largest absolute Gasteiger partial charge is 0.301 e. The fraction of sp³-hybridized carbons (Fsp3) is 0.0667. The van der Waals surface area contributed by atoms with Crippen molar-refractivity contribution in [2.24, 2.45) is 0 Å². The molecule has 0 aliphatic carbocycles. The Morgan fingerprint density at radius 1 is 1.27 bits per heavy atom. The molecule has 0 bridgehead atoms. The molecule has 22 heavy (non-hydrogen) atoms. The number of carbonyl (C=O) groups is 1. The van der Waals surface area contributed by atoms with Crippen molar-refractivity contribution in [3.63, 3.8) is 0 Å². The van der Waals surface area contributed by atoms with Gasteiger partial charge < -0.3 is 5.32 Å². The average Bonchev–Trinajstić information content (AvgIpc) is 2.88. The number of aromatic nitrogens is 1. The number of thiazole rings is 1. The van der Waals surface area contributed by atoms with Crippen molar-refractivity contribution in [2.75, 3.05) is 11.1 Å². The zero-order chi connectivity index (χ0) is 15.5. The lowest BCUT2D eigenvalue weighted by molar-refractivity contribution is -0.113. The smallest absolute Gasteiger partial charge is 0.236 e. The quantitative estimate of drug-likeness (QED) is 0.635. The molecule has 1 amide bonds. The molecule has 0 aliphatic rings. The van der Waals surface area contributed by atoms with E-state index in [1.807, 2.05) is 18.2 Å². The molecule has 0 atom stereocenters. The molecule has 0 fully saturated rings. The van der Waals surface area contributed by atoms with Gasteiger partial charge in [-0.05, 0) is 42.5 Å². The van der Waals surface area contributed by atoms with Crippen LogP contribution in [0, 0.1) is 5.82 Å². The molecule has 2 aromatic carbocycles. The van der Waals surface area contributed by atoms with Crippen molar-refractivity contribution in [3.05, 3.63) is 52.8 Å². The molecule has 0 spiro atoms. The third-order valence-electron chi connectivity index (χ3n) is 2.78. The summed E-state index contributed by atoms with van der Waals surface area (Å²) in [6.07, 6.45) is 0. The Morgan fingerprint density at radius 2 is 2.05 bits per heavy atom. The van der Waals surface area contributed by atoms with Gasteiger partial charge in [-0.2, -0.15) is 0 Å². The predicted octanol–water partition coefficient (Wildman–Crippen LogP) is 4.93. The van der Waals surface area contributed by atoms with Gasteiger partial charge in [0.2, 0.25) is 5.91 Å². The van der Waals surface area contributed by atoms with E-state index in [1.165, 1.54) is 35.2 Å². The van der Waals surface area contributed by atoms with Gasteiger partial charge in [0.15, 0.2) is 5.13 Å². The minimum absolute atomic E-state index is 0.132. The van der Waals surface area contributed by atoms with Crippen LogP contribution >= 0.6 is 39.0 Å². The van der Waals surface area contributed by atoms with Gasteiger partial charge in [-0.25, -0.2) is 9.37 Å².